The van der Waals surface area contributed by atoms with Crippen LogP contribution in [0.5, 0.6) is 0 Å². The highest BCUT2D eigenvalue weighted by atomic mass is 16.5. The molecule has 4 nitrogen and oxygen atoms in total. The maximum Gasteiger partial charge on any atom is 0.128 e. The molecule has 1 atom stereocenters. The minimum absolute atomic E-state index is 0.326. The summed E-state index contributed by atoms with van der Waals surface area (Å²) < 4.78 is 5.19. The highest BCUT2D eigenvalue weighted by Crippen LogP contribution is 2.21. The number of hydrogen-bond donors (Lipinski definition) is 1. The first-order valence-electron chi connectivity index (χ1n) is 7.03. The van der Waals surface area contributed by atoms with Crippen LogP contribution in [0.25, 0.3) is 0 Å². The Hall–Kier alpha value is -1.13. The van der Waals surface area contributed by atoms with E-state index >= 15 is 0 Å². The minimum Gasteiger partial charge on any atom is -0.383 e. The molecule has 1 heterocycles. The number of hydrogen-bond acceptors (Lipinski definition) is 4. The van der Waals surface area contributed by atoms with E-state index in [0.29, 0.717) is 12.6 Å². The van der Waals surface area contributed by atoms with Crippen LogP contribution in [0.1, 0.15) is 31.0 Å². The van der Waals surface area contributed by atoms with Crippen molar-refractivity contribution in [3.63, 3.8) is 0 Å². The van der Waals surface area contributed by atoms with Crippen LogP contribution in [0.15, 0.2) is 12.1 Å². The quantitative estimate of drug-likeness (QED) is 0.817. The van der Waals surface area contributed by atoms with Gasteiger partial charge in [-0.2, -0.15) is 0 Å². The molecular weight excluding hydrogens is 238 g/mol. The summed E-state index contributed by atoms with van der Waals surface area (Å²) >= 11 is 0. The predicted molar refractivity (Wildman–Crippen MR) is 78.6 cm³/mol. The Bertz CT molecular complexity index is 418. The fourth-order valence-corrected chi connectivity index (χ4v) is 2.08. The van der Waals surface area contributed by atoms with Crippen molar-refractivity contribution in [1.82, 2.24) is 10.3 Å². The smallest absolute Gasteiger partial charge is 0.128 e. The first-order chi connectivity index (χ1) is 9.11. The average Bonchev–Trinajstić information content (AvgIpc) is 3.20. The Labute approximate surface area is 116 Å². The molecule has 2 rings (SSSR count). The van der Waals surface area contributed by atoms with E-state index < -0.39 is 0 Å². The predicted octanol–water partition coefficient (Wildman–Crippen LogP) is 2.11. The first kappa shape index (κ1) is 14.3. The van der Waals surface area contributed by atoms with Crippen LogP contribution in [0.2, 0.25) is 0 Å². The van der Waals surface area contributed by atoms with Crippen molar-refractivity contribution < 1.29 is 4.74 Å². The Morgan fingerprint density at radius 2 is 2.21 bits per heavy atom. The summed E-state index contributed by atoms with van der Waals surface area (Å²) in [7, 11) is 3.79. The number of rotatable bonds is 7. The summed E-state index contributed by atoms with van der Waals surface area (Å²) in [5, 5.41) is 3.53. The van der Waals surface area contributed by atoms with Crippen LogP contribution in [-0.2, 0) is 11.3 Å². The van der Waals surface area contributed by atoms with Crippen molar-refractivity contribution >= 4 is 5.82 Å². The van der Waals surface area contributed by atoms with E-state index in [1.165, 1.54) is 18.4 Å². The van der Waals surface area contributed by atoms with Gasteiger partial charge in [-0.1, -0.05) is 6.07 Å². The molecule has 1 unspecified atom stereocenters. The maximum atomic E-state index is 5.19. The van der Waals surface area contributed by atoms with Gasteiger partial charge in [0.15, 0.2) is 0 Å². The van der Waals surface area contributed by atoms with Crippen molar-refractivity contribution in [2.75, 3.05) is 25.7 Å². The third-order valence-electron chi connectivity index (χ3n) is 3.77. The van der Waals surface area contributed by atoms with E-state index in [1.807, 2.05) is 0 Å². The van der Waals surface area contributed by atoms with Gasteiger partial charge in [0.05, 0.1) is 12.6 Å². The number of ether oxygens (including phenoxy) is 1. The Balaban J connectivity index is 1.99. The average molecular weight is 263 g/mol. The second-order valence-corrected chi connectivity index (χ2v) is 5.48. The lowest BCUT2D eigenvalue weighted by Crippen LogP contribution is -2.33. The van der Waals surface area contributed by atoms with Crippen molar-refractivity contribution in [3.8, 4) is 0 Å². The number of anilines is 1. The van der Waals surface area contributed by atoms with Gasteiger partial charge >= 0.3 is 0 Å². The Kier molecular flexibility index (Phi) is 4.77. The van der Waals surface area contributed by atoms with Crippen molar-refractivity contribution in [2.24, 2.45) is 0 Å². The van der Waals surface area contributed by atoms with Gasteiger partial charge in [-0.05, 0) is 38.3 Å². The van der Waals surface area contributed by atoms with Crippen molar-refractivity contribution in [3.05, 3.63) is 23.4 Å². The number of aryl methyl sites for hydroxylation is 1. The molecule has 0 aliphatic heterocycles. The fourth-order valence-electron chi connectivity index (χ4n) is 2.08. The molecule has 1 N–H and O–H groups in total. The number of methoxy groups -OCH3 is 1. The zero-order valence-corrected chi connectivity index (χ0v) is 12.4. The number of nitrogens with one attached hydrogen (secondary N) is 1. The molecule has 0 saturated heterocycles. The lowest BCUT2D eigenvalue weighted by Gasteiger charge is -2.26. The van der Waals surface area contributed by atoms with E-state index in [0.717, 1.165) is 24.1 Å². The maximum absolute atomic E-state index is 5.19. The van der Waals surface area contributed by atoms with Crippen molar-refractivity contribution in [1.29, 1.82) is 0 Å². The zero-order chi connectivity index (χ0) is 13.8. The number of likely N-dealkylation sites (N-methyl/N-ethyl adjacent to an activating group) is 1. The highest BCUT2D eigenvalue weighted by molar-refractivity contribution is 5.41. The first-order valence-corrected chi connectivity index (χ1v) is 7.03. The van der Waals surface area contributed by atoms with Gasteiger partial charge in [-0.3, -0.25) is 0 Å². The van der Waals surface area contributed by atoms with Gasteiger partial charge in [-0.25, -0.2) is 4.98 Å². The SMILES string of the molecule is COCC(C)N(C)c1ccc(CNC2CC2)c(C)n1. The Morgan fingerprint density at radius 1 is 1.47 bits per heavy atom. The Morgan fingerprint density at radius 3 is 2.79 bits per heavy atom. The lowest BCUT2D eigenvalue weighted by atomic mass is 10.2. The van der Waals surface area contributed by atoms with Crippen LogP contribution in [0.4, 0.5) is 5.82 Å². The zero-order valence-electron chi connectivity index (χ0n) is 12.4. The third-order valence-corrected chi connectivity index (χ3v) is 3.77. The largest absolute Gasteiger partial charge is 0.383 e. The summed E-state index contributed by atoms with van der Waals surface area (Å²) in [6.07, 6.45) is 2.64. The van der Waals surface area contributed by atoms with Gasteiger partial charge in [0.2, 0.25) is 0 Å². The monoisotopic (exact) mass is 263 g/mol. The van der Waals surface area contributed by atoms with Crippen LogP contribution < -0.4 is 10.2 Å². The molecule has 0 aromatic carbocycles. The topological polar surface area (TPSA) is 37.4 Å². The van der Waals surface area contributed by atoms with Crippen LogP contribution >= 0.6 is 0 Å². The van der Waals surface area contributed by atoms with E-state index in [4.69, 9.17) is 9.72 Å². The molecule has 19 heavy (non-hydrogen) atoms. The van der Waals surface area contributed by atoms with Gasteiger partial charge in [0.25, 0.3) is 0 Å². The summed E-state index contributed by atoms with van der Waals surface area (Å²) in [4.78, 5) is 6.87. The molecule has 106 valence electrons. The molecule has 4 heteroatoms. The number of nitrogens with zero attached hydrogens (tertiary/aromatic N) is 2. The highest BCUT2D eigenvalue weighted by Gasteiger charge is 2.20. The molecule has 0 bridgehead atoms. The summed E-state index contributed by atoms with van der Waals surface area (Å²) in [6, 6.07) is 5.35. The number of aromatic nitrogens is 1. The molecule has 1 aliphatic rings. The summed E-state index contributed by atoms with van der Waals surface area (Å²) in [5.41, 5.74) is 2.41. The van der Waals surface area contributed by atoms with Crippen molar-refractivity contribution in [2.45, 2.75) is 45.3 Å². The summed E-state index contributed by atoms with van der Waals surface area (Å²) in [5.74, 6) is 1.01. The van der Waals surface area contributed by atoms with E-state index in [1.54, 1.807) is 7.11 Å². The second-order valence-electron chi connectivity index (χ2n) is 5.48. The molecule has 1 aliphatic carbocycles. The molecule has 0 spiro atoms. The molecule has 1 aromatic rings. The van der Waals surface area contributed by atoms with Crippen LogP contribution in [0, 0.1) is 6.92 Å². The fraction of sp³-hybridized carbons (Fsp3) is 0.667. The molecule has 1 aromatic heterocycles. The number of pyridine rings is 1. The van der Waals surface area contributed by atoms with Crippen LogP contribution in [-0.4, -0.2) is 37.8 Å². The van der Waals surface area contributed by atoms with Gasteiger partial charge in [0.1, 0.15) is 5.82 Å². The van der Waals surface area contributed by atoms with E-state index in [2.05, 4.69) is 43.2 Å². The lowest BCUT2D eigenvalue weighted by molar-refractivity contribution is 0.183. The standard InChI is InChI=1S/C15H25N3O/c1-11(10-19-4)18(3)15-8-5-13(12(2)17-15)9-16-14-6-7-14/h5,8,11,14,16H,6-7,9-10H2,1-4H3. The minimum atomic E-state index is 0.326. The molecule has 0 radical (unpaired) electrons. The molecule has 1 saturated carbocycles. The van der Waals surface area contributed by atoms with Gasteiger partial charge in [-0.15, -0.1) is 0 Å². The van der Waals surface area contributed by atoms with E-state index in [9.17, 15) is 0 Å². The molecular formula is C15H25N3O. The van der Waals surface area contributed by atoms with Gasteiger partial charge < -0.3 is 15.0 Å². The van der Waals surface area contributed by atoms with Gasteiger partial charge in [0, 0.05) is 32.4 Å². The third kappa shape index (κ3) is 3.91. The van der Waals surface area contributed by atoms with Crippen LogP contribution in [0.3, 0.4) is 0 Å². The second kappa shape index (κ2) is 6.35. The molecule has 0 amide bonds. The summed E-state index contributed by atoms with van der Waals surface area (Å²) in [6.45, 7) is 5.87. The molecule has 1 fully saturated rings. The van der Waals surface area contributed by atoms with E-state index in [-0.39, 0.29) is 0 Å². The normalized spacial score (nSPS) is 16.4.